The van der Waals surface area contributed by atoms with Crippen LogP contribution in [0.5, 0.6) is 5.75 Å². The molecule has 0 fully saturated rings. The van der Waals surface area contributed by atoms with Crippen molar-refractivity contribution in [1.82, 2.24) is 15.1 Å². The Kier molecular flexibility index (Phi) is 8.41. The van der Waals surface area contributed by atoms with E-state index < -0.39 is 51.3 Å². The third-order valence-electron chi connectivity index (χ3n) is 7.00. The summed E-state index contributed by atoms with van der Waals surface area (Å²) in [6.45, 7) is 5.47. The normalized spacial score (nSPS) is 17.3. The molecule has 0 bridgehead atoms. The first-order chi connectivity index (χ1) is 19.8. The van der Waals surface area contributed by atoms with Gasteiger partial charge in [-0.3, -0.25) is 14.3 Å². The number of alkyl halides is 3. The molecule has 1 aliphatic heterocycles. The van der Waals surface area contributed by atoms with Gasteiger partial charge in [-0.25, -0.2) is 8.42 Å². The van der Waals surface area contributed by atoms with Gasteiger partial charge in [-0.1, -0.05) is 37.3 Å². The van der Waals surface area contributed by atoms with E-state index in [0.717, 1.165) is 6.26 Å². The standard InChI is InChI=1S/C29H33F3N4O6S/c1-6-17-13-20(42-16-29(30,31)32)11-12-21(17)28(4)15-36-25(26(38)34-28)24(33-22(37)14-43(5,40)41)23(35-36)18-7-9-19(10-8-18)27(2,3)39/h7-13,39H,6,14-16H2,1-5H3,(H,33,37)(H,34,38)/t28-/m1/s1. The lowest BCUT2D eigenvalue weighted by Crippen LogP contribution is -2.52. The lowest BCUT2D eigenvalue weighted by molar-refractivity contribution is -0.153. The second kappa shape index (κ2) is 11.3. The number of fused-ring (bicyclic) bond motifs is 1. The second-order valence-corrected chi connectivity index (χ2v) is 13.5. The summed E-state index contributed by atoms with van der Waals surface area (Å²) in [6, 6.07) is 11.2. The monoisotopic (exact) mass is 622 g/mol. The van der Waals surface area contributed by atoms with Crippen LogP contribution in [0.15, 0.2) is 42.5 Å². The molecule has 0 unspecified atom stereocenters. The van der Waals surface area contributed by atoms with Crippen molar-refractivity contribution in [3.8, 4) is 17.0 Å². The molecular weight excluding hydrogens is 589 g/mol. The van der Waals surface area contributed by atoms with E-state index in [4.69, 9.17) is 4.74 Å². The van der Waals surface area contributed by atoms with Gasteiger partial charge >= 0.3 is 6.18 Å². The maximum Gasteiger partial charge on any atom is 0.422 e. The number of hydrogen-bond acceptors (Lipinski definition) is 7. The Morgan fingerprint density at radius 1 is 1.19 bits per heavy atom. The first kappa shape index (κ1) is 32.0. The maximum atomic E-state index is 13.6. The number of carbonyl (C=O) groups is 2. The number of benzene rings is 2. The van der Waals surface area contributed by atoms with Crippen LogP contribution in [0.3, 0.4) is 0 Å². The molecule has 1 aliphatic rings. The largest absolute Gasteiger partial charge is 0.484 e. The van der Waals surface area contributed by atoms with Crippen LogP contribution in [0.2, 0.25) is 0 Å². The maximum absolute atomic E-state index is 13.6. The van der Waals surface area contributed by atoms with Crippen LogP contribution in [0.25, 0.3) is 11.3 Å². The van der Waals surface area contributed by atoms with Gasteiger partial charge in [0.25, 0.3) is 5.91 Å². The minimum atomic E-state index is -4.49. The van der Waals surface area contributed by atoms with Crippen LogP contribution < -0.4 is 15.4 Å². The van der Waals surface area contributed by atoms with Gasteiger partial charge in [-0.2, -0.15) is 18.3 Å². The molecular formula is C29H33F3N4O6S. The zero-order valence-corrected chi connectivity index (χ0v) is 25.1. The third-order valence-corrected chi connectivity index (χ3v) is 7.79. The Labute approximate surface area is 247 Å². The van der Waals surface area contributed by atoms with Crippen LogP contribution in [-0.4, -0.2) is 59.9 Å². The van der Waals surface area contributed by atoms with E-state index in [0.29, 0.717) is 28.7 Å². The number of ether oxygens (including phenoxy) is 1. The molecule has 1 aromatic heterocycles. The Hall–Kier alpha value is -3.91. The van der Waals surface area contributed by atoms with Gasteiger partial charge in [-0.05, 0) is 56.0 Å². The van der Waals surface area contributed by atoms with Gasteiger partial charge in [0, 0.05) is 11.8 Å². The van der Waals surface area contributed by atoms with E-state index in [9.17, 15) is 36.3 Å². The number of anilines is 1. The van der Waals surface area contributed by atoms with Crippen LogP contribution in [0.4, 0.5) is 18.9 Å². The molecule has 232 valence electrons. The Bertz CT molecular complexity index is 1660. The molecule has 1 atom stereocenters. The molecule has 43 heavy (non-hydrogen) atoms. The zero-order valence-electron chi connectivity index (χ0n) is 24.3. The van der Waals surface area contributed by atoms with E-state index in [1.165, 1.54) is 16.8 Å². The Morgan fingerprint density at radius 2 is 1.84 bits per heavy atom. The number of halogens is 3. The number of nitrogens with zero attached hydrogens (tertiary/aromatic N) is 2. The van der Waals surface area contributed by atoms with Crippen molar-refractivity contribution in [2.45, 2.75) is 58.0 Å². The first-order valence-corrected chi connectivity index (χ1v) is 15.4. The highest BCUT2D eigenvalue weighted by Crippen LogP contribution is 2.38. The van der Waals surface area contributed by atoms with E-state index in [2.05, 4.69) is 15.7 Å². The highest BCUT2D eigenvalue weighted by Gasteiger charge is 2.41. The lowest BCUT2D eigenvalue weighted by atomic mass is 9.85. The van der Waals surface area contributed by atoms with E-state index in [1.807, 2.05) is 6.92 Å². The number of aromatic nitrogens is 2. The Balaban J connectivity index is 1.77. The molecule has 0 saturated carbocycles. The number of aliphatic hydroxyl groups is 1. The van der Waals surface area contributed by atoms with Gasteiger partial charge in [0.1, 0.15) is 22.9 Å². The molecule has 0 spiro atoms. The fraction of sp³-hybridized carbons (Fsp3) is 0.414. The predicted molar refractivity (Wildman–Crippen MR) is 153 cm³/mol. The number of carbonyl (C=O) groups excluding carboxylic acids is 2. The van der Waals surface area contributed by atoms with Crippen LogP contribution in [-0.2, 0) is 38.7 Å². The lowest BCUT2D eigenvalue weighted by Gasteiger charge is -2.37. The summed E-state index contributed by atoms with van der Waals surface area (Å²) in [7, 11) is -3.68. The van der Waals surface area contributed by atoms with Gasteiger partial charge in [0.2, 0.25) is 5.91 Å². The van der Waals surface area contributed by atoms with Gasteiger partial charge < -0.3 is 20.5 Å². The number of nitrogens with one attached hydrogen (secondary N) is 2. The highest BCUT2D eigenvalue weighted by atomic mass is 32.2. The topological polar surface area (TPSA) is 140 Å². The van der Waals surface area contributed by atoms with Crippen molar-refractivity contribution in [2.24, 2.45) is 0 Å². The number of sulfone groups is 1. The van der Waals surface area contributed by atoms with Crippen LogP contribution >= 0.6 is 0 Å². The fourth-order valence-corrected chi connectivity index (χ4v) is 5.58. The van der Waals surface area contributed by atoms with E-state index >= 15 is 0 Å². The van der Waals surface area contributed by atoms with Crippen LogP contribution in [0.1, 0.15) is 54.9 Å². The summed E-state index contributed by atoms with van der Waals surface area (Å²) in [5, 5.41) is 20.5. The molecule has 3 aromatic rings. The summed E-state index contributed by atoms with van der Waals surface area (Å²) in [6.07, 6.45) is -3.15. The quantitative estimate of drug-likeness (QED) is 0.329. The molecule has 10 nitrogen and oxygen atoms in total. The summed E-state index contributed by atoms with van der Waals surface area (Å²) < 4.78 is 67.9. The summed E-state index contributed by atoms with van der Waals surface area (Å²) in [4.78, 5) is 26.3. The molecule has 2 aromatic carbocycles. The number of amides is 2. The van der Waals surface area contributed by atoms with Crippen molar-refractivity contribution in [3.05, 3.63) is 64.8 Å². The molecule has 0 radical (unpaired) electrons. The van der Waals surface area contributed by atoms with Gasteiger partial charge in [0.05, 0.1) is 17.7 Å². The zero-order chi connectivity index (χ0) is 32.0. The van der Waals surface area contributed by atoms with Crippen molar-refractivity contribution in [3.63, 3.8) is 0 Å². The second-order valence-electron chi connectivity index (χ2n) is 11.3. The summed E-state index contributed by atoms with van der Waals surface area (Å²) in [5.74, 6) is -2.22. The van der Waals surface area contributed by atoms with Crippen molar-refractivity contribution >= 4 is 27.3 Å². The average molecular weight is 623 g/mol. The molecule has 2 amide bonds. The number of aryl methyl sites for hydroxylation is 1. The molecule has 4 rings (SSSR count). The minimum Gasteiger partial charge on any atom is -0.484 e. The van der Waals surface area contributed by atoms with Crippen molar-refractivity contribution in [2.75, 3.05) is 23.9 Å². The van der Waals surface area contributed by atoms with E-state index in [-0.39, 0.29) is 29.4 Å². The van der Waals surface area contributed by atoms with Gasteiger partial charge in [-0.15, -0.1) is 0 Å². The Morgan fingerprint density at radius 3 is 2.40 bits per heavy atom. The molecule has 0 saturated heterocycles. The predicted octanol–water partition coefficient (Wildman–Crippen LogP) is 3.92. The fourth-order valence-electron chi connectivity index (χ4n) is 5.03. The molecule has 14 heteroatoms. The molecule has 0 aliphatic carbocycles. The SMILES string of the molecule is CCc1cc(OCC(F)(F)F)ccc1[C@@]1(C)Cn2nc(-c3ccc(C(C)(C)O)cc3)c(NC(=O)CS(C)(=O)=O)c2C(=O)N1. The summed E-state index contributed by atoms with van der Waals surface area (Å²) >= 11 is 0. The first-order valence-electron chi connectivity index (χ1n) is 13.4. The van der Waals surface area contributed by atoms with Crippen molar-refractivity contribution in [1.29, 1.82) is 0 Å². The van der Waals surface area contributed by atoms with Crippen LogP contribution in [0, 0.1) is 0 Å². The highest BCUT2D eigenvalue weighted by molar-refractivity contribution is 7.91. The number of hydrogen-bond donors (Lipinski definition) is 3. The van der Waals surface area contributed by atoms with E-state index in [1.54, 1.807) is 51.1 Å². The summed E-state index contributed by atoms with van der Waals surface area (Å²) in [5.41, 5.74) is 0.474. The van der Waals surface area contributed by atoms with Gasteiger partial charge in [0.15, 0.2) is 22.1 Å². The third kappa shape index (κ3) is 7.36. The smallest absolute Gasteiger partial charge is 0.422 e. The number of rotatable bonds is 9. The average Bonchev–Trinajstić information content (AvgIpc) is 3.22. The molecule has 3 N–H and O–H groups in total. The molecule has 2 heterocycles. The minimum absolute atomic E-state index is 0.00377. The van der Waals surface area contributed by atoms with Crippen molar-refractivity contribution < 1.29 is 41.0 Å².